The predicted octanol–water partition coefficient (Wildman–Crippen LogP) is 1.14. The highest BCUT2D eigenvalue weighted by Crippen LogP contribution is 2.07. The van der Waals surface area contributed by atoms with E-state index in [4.69, 9.17) is 0 Å². The Hall–Kier alpha value is -0.760. The first-order valence-corrected chi connectivity index (χ1v) is 3.88. The van der Waals surface area contributed by atoms with E-state index in [9.17, 15) is 5.11 Å². The van der Waals surface area contributed by atoms with Crippen LogP contribution in [0.15, 0.2) is 24.4 Å². The third kappa shape index (κ3) is 3.23. The largest absolute Gasteiger partial charge is 0.389 e. The minimum absolute atomic E-state index is 0.602. The number of hydrogen-bond acceptors (Lipinski definition) is 2. The second-order valence-electron chi connectivity index (χ2n) is 3.51. The van der Waals surface area contributed by atoms with Crippen molar-refractivity contribution in [3.8, 4) is 0 Å². The van der Waals surface area contributed by atoms with Gasteiger partial charge in [0, 0.05) is 13.1 Å². The summed E-state index contributed by atoms with van der Waals surface area (Å²) in [5.41, 5.74) is -0.602. The van der Waals surface area contributed by atoms with Gasteiger partial charge in [0.15, 0.2) is 0 Å². The maximum Gasteiger partial charge on any atom is 0.0765 e. The van der Waals surface area contributed by atoms with E-state index in [1.165, 1.54) is 0 Å². The molecule has 1 aliphatic heterocycles. The van der Waals surface area contributed by atoms with Crippen molar-refractivity contribution in [1.82, 2.24) is 4.90 Å². The summed E-state index contributed by atoms with van der Waals surface area (Å²) in [6, 6.07) is 0. The minimum Gasteiger partial charge on any atom is -0.389 e. The fourth-order valence-corrected chi connectivity index (χ4v) is 1.12. The SMILES string of the molecule is CC(C)(O)CN1C=CC=CC1. The zero-order chi connectivity index (χ0) is 8.32. The van der Waals surface area contributed by atoms with Crippen molar-refractivity contribution in [3.63, 3.8) is 0 Å². The van der Waals surface area contributed by atoms with Crippen LogP contribution in [-0.2, 0) is 0 Å². The molecule has 1 aliphatic rings. The molecule has 11 heavy (non-hydrogen) atoms. The van der Waals surface area contributed by atoms with Crippen LogP contribution in [0.3, 0.4) is 0 Å². The summed E-state index contributed by atoms with van der Waals surface area (Å²) in [7, 11) is 0. The number of rotatable bonds is 2. The van der Waals surface area contributed by atoms with Crippen molar-refractivity contribution >= 4 is 0 Å². The molecule has 0 aromatic rings. The number of nitrogens with zero attached hydrogens (tertiary/aromatic N) is 1. The van der Waals surface area contributed by atoms with E-state index in [0.717, 1.165) is 6.54 Å². The first-order chi connectivity index (χ1) is 5.08. The Morgan fingerprint density at radius 3 is 2.64 bits per heavy atom. The van der Waals surface area contributed by atoms with Gasteiger partial charge in [0.1, 0.15) is 0 Å². The predicted molar refractivity (Wildman–Crippen MR) is 46.2 cm³/mol. The molecule has 1 heterocycles. The molecular formula is C9H15NO. The van der Waals surface area contributed by atoms with Crippen molar-refractivity contribution in [2.75, 3.05) is 13.1 Å². The average Bonchev–Trinajstić information content (AvgIpc) is 1.85. The molecule has 2 nitrogen and oxygen atoms in total. The van der Waals surface area contributed by atoms with Gasteiger partial charge >= 0.3 is 0 Å². The third-order valence-corrected chi connectivity index (χ3v) is 1.47. The quantitative estimate of drug-likeness (QED) is 0.643. The second kappa shape index (κ2) is 3.09. The van der Waals surface area contributed by atoms with Crippen molar-refractivity contribution in [2.24, 2.45) is 0 Å². The van der Waals surface area contributed by atoms with Crippen LogP contribution < -0.4 is 0 Å². The average molecular weight is 153 g/mol. The van der Waals surface area contributed by atoms with E-state index in [1.54, 1.807) is 0 Å². The summed E-state index contributed by atoms with van der Waals surface area (Å²) in [6.45, 7) is 5.23. The molecule has 0 unspecified atom stereocenters. The molecule has 0 aliphatic carbocycles. The lowest BCUT2D eigenvalue weighted by atomic mass is 10.1. The normalized spacial score (nSPS) is 17.5. The van der Waals surface area contributed by atoms with Gasteiger partial charge < -0.3 is 10.0 Å². The Morgan fingerprint density at radius 2 is 2.18 bits per heavy atom. The summed E-state index contributed by atoms with van der Waals surface area (Å²) in [6.07, 6.45) is 8.07. The van der Waals surface area contributed by atoms with Crippen LogP contribution in [-0.4, -0.2) is 28.7 Å². The molecular weight excluding hydrogens is 138 g/mol. The lowest BCUT2D eigenvalue weighted by molar-refractivity contribution is 0.0532. The Morgan fingerprint density at radius 1 is 1.45 bits per heavy atom. The fraction of sp³-hybridized carbons (Fsp3) is 0.556. The first kappa shape index (κ1) is 8.34. The second-order valence-corrected chi connectivity index (χ2v) is 3.51. The summed E-state index contributed by atoms with van der Waals surface area (Å²) < 4.78 is 0. The molecule has 0 saturated carbocycles. The minimum atomic E-state index is -0.602. The number of aliphatic hydroxyl groups is 1. The number of allylic oxidation sites excluding steroid dienone is 2. The number of hydrogen-bond donors (Lipinski definition) is 1. The zero-order valence-corrected chi connectivity index (χ0v) is 7.12. The van der Waals surface area contributed by atoms with Gasteiger partial charge in [-0.3, -0.25) is 0 Å². The van der Waals surface area contributed by atoms with Crippen LogP contribution in [0, 0.1) is 0 Å². The molecule has 0 aromatic heterocycles. The van der Waals surface area contributed by atoms with Crippen LogP contribution in [0.25, 0.3) is 0 Å². The van der Waals surface area contributed by atoms with Crippen LogP contribution in [0.1, 0.15) is 13.8 Å². The molecule has 2 heteroatoms. The topological polar surface area (TPSA) is 23.5 Å². The Balaban J connectivity index is 2.39. The van der Waals surface area contributed by atoms with Gasteiger partial charge in [-0.1, -0.05) is 12.2 Å². The van der Waals surface area contributed by atoms with E-state index in [-0.39, 0.29) is 0 Å². The summed E-state index contributed by atoms with van der Waals surface area (Å²) in [5.74, 6) is 0. The van der Waals surface area contributed by atoms with Crippen molar-refractivity contribution in [3.05, 3.63) is 24.4 Å². The van der Waals surface area contributed by atoms with E-state index >= 15 is 0 Å². The molecule has 0 radical (unpaired) electrons. The lowest BCUT2D eigenvalue weighted by Crippen LogP contribution is -2.36. The van der Waals surface area contributed by atoms with E-state index in [1.807, 2.05) is 32.2 Å². The molecule has 1 rings (SSSR count). The summed E-state index contributed by atoms with van der Waals surface area (Å²) >= 11 is 0. The highest BCUT2D eigenvalue weighted by atomic mass is 16.3. The maximum atomic E-state index is 9.47. The molecule has 1 N–H and O–H groups in total. The van der Waals surface area contributed by atoms with Gasteiger partial charge in [0.2, 0.25) is 0 Å². The highest BCUT2D eigenvalue weighted by molar-refractivity contribution is 5.08. The molecule has 0 aromatic carbocycles. The Kier molecular flexibility index (Phi) is 2.35. The monoisotopic (exact) mass is 153 g/mol. The van der Waals surface area contributed by atoms with Crippen LogP contribution in [0.4, 0.5) is 0 Å². The van der Waals surface area contributed by atoms with Crippen molar-refractivity contribution < 1.29 is 5.11 Å². The molecule has 62 valence electrons. The van der Waals surface area contributed by atoms with Gasteiger partial charge in [-0.05, 0) is 26.1 Å². The molecule has 0 atom stereocenters. The summed E-state index contributed by atoms with van der Waals surface area (Å²) in [5, 5.41) is 9.47. The third-order valence-electron chi connectivity index (χ3n) is 1.47. The first-order valence-electron chi connectivity index (χ1n) is 3.88. The maximum absolute atomic E-state index is 9.47. The lowest BCUT2D eigenvalue weighted by Gasteiger charge is -2.27. The standard InChI is InChI=1S/C9H15NO/c1-9(2,11)8-10-6-4-3-5-7-10/h3-6,11H,7-8H2,1-2H3. The smallest absolute Gasteiger partial charge is 0.0765 e. The van der Waals surface area contributed by atoms with Gasteiger partial charge in [-0.25, -0.2) is 0 Å². The zero-order valence-electron chi connectivity index (χ0n) is 7.12. The molecule has 0 spiro atoms. The molecule has 0 saturated heterocycles. The summed E-state index contributed by atoms with van der Waals surface area (Å²) in [4.78, 5) is 2.08. The van der Waals surface area contributed by atoms with Crippen LogP contribution in [0.5, 0.6) is 0 Å². The number of β-amino-alcohol motifs (C(OH)–C–C–N with tert-alkyl or cyclic N) is 1. The van der Waals surface area contributed by atoms with E-state index in [2.05, 4.69) is 11.0 Å². The van der Waals surface area contributed by atoms with Crippen molar-refractivity contribution in [1.29, 1.82) is 0 Å². The molecule has 0 bridgehead atoms. The van der Waals surface area contributed by atoms with E-state index in [0.29, 0.717) is 6.54 Å². The van der Waals surface area contributed by atoms with Gasteiger partial charge in [0.05, 0.1) is 5.60 Å². The van der Waals surface area contributed by atoms with Crippen molar-refractivity contribution in [2.45, 2.75) is 19.4 Å². The van der Waals surface area contributed by atoms with Crippen LogP contribution in [0.2, 0.25) is 0 Å². The van der Waals surface area contributed by atoms with Gasteiger partial charge in [0.25, 0.3) is 0 Å². The highest BCUT2D eigenvalue weighted by Gasteiger charge is 2.15. The van der Waals surface area contributed by atoms with Gasteiger partial charge in [-0.15, -0.1) is 0 Å². The van der Waals surface area contributed by atoms with Crippen LogP contribution >= 0.6 is 0 Å². The van der Waals surface area contributed by atoms with Gasteiger partial charge in [-0.2, -0.15) is 0 Å². The van der Waals surface area contributed by atoms with E-state index < -0.39 is 5.60 Å². The molecule has 0 fully saturated rings. The molecule has 0 amide bonds. The fourth-order valence-electron chi connectivity index (χ4n) is 1.12. The Labute approximate surface area is 67.8 Å². The Bertz CT molecular complexity index is 176.